The van der Waals surface area contributed by atoms with Crippen LogP contribution in [0.3, 0.4) is 0 Å². The molecule has 0 aromatic carbocycles. The number of rotatable bonds is 5. The molecule has 7 nitrogen and oxygen atoms in total. The van der Waals surface area contributed by atoms with Gasteiger partial charge in [-0.25, -0.2) is 9.97 Å². The summed E-state index contributed by atoms with van der Waals surface area (Å²) in [5.74, 6) is 1.76. The van der Waals surface area contributed by atoms with Crippen LogP contribution in [0.5, 0.6) is 0 Å². The van der Waals surface area contributed by atoms with Crippen molar-refractivity contribution in [1.82, 2.24) is 19.9 Å². The van der Waals surface area contributed by atoms with Gasteiger partial charge in [-0.05, 0) is 6.92 Å². The minimum absolute atomic E-state index is 0.212. The van der Waals surface area contributed by atoms with E-state index in [1.165, 1.54) is 0 Å². The molecule has 22 heavy (non-hydrogen) atoms. The third-order valence-corrected chi connectivity index (χ3v) is 3.51. The van der Waals surface area contributed by atoms with E-state index >= 15 is 0 Å². The summed E-state index contributed by atoms with van der Waals surface area (Å²) in [5.41, 5.74) is 0.963. The van der Waals surface area contributed by atoms with Crippen molar-refractivity contribution in [3.05, 3.63) is 36.7 Å². The van der Waals surface area contributed by atoms with Crippen LogP contribution in [-0.4, -0.2) is 52.3 Å². The molecule has 1 N–H and O–H groups in total. The second-order valence-corrected chi connectivity index (χ2v) is 5.31. The van der Waals surface area contributed by atoms with Gasteiger partial charge in [-0.15, -0.1) is 0 Å². The lowest BCUT2D eigenvalue weighted by Crippen LogP contribution is -2.36. The van der Waals surface area contributed by atoms with Gasteiger partial charge in [0.1, 0.15) is 18.0 Å². The van der Waals surface area contributed by atoms with Crippen LogP contribution < -0.4 is 10.2 Å². The largest absolute Gasteiger partial charge is 0.378 e. The second-order valence-electron chi connectivity index (χ2n) is 5.31. The van der Waals surface area contributed by atoms with Gasteiger partial charge in [-0.3, -0.25) is 9.97 Å². The lowest BCUT2D eigenvalue weighted by atomic mass is 10.2. The first-order valence-corrected chi connectivity index (χ1v) is 7.47. The number of hydrogen-bond acceptors (Lipinski definition) is 7. The molecule has 1 fully saturated rings. The number of ether oxygens (including phenoxy) is 1. The fourth-order valence-electron chi connectivity index (χ4n) is 2.44. The fraction of sp³-hybridized carbons (Fsp3) is 0.467. The lowest BCUT2D eigenvalue weighted by molar-refractivity contribution is 0.122. The van der Waals surface area contributed by atoms with E-state index in [2.05, 4.69) is 37.1 Å². The number of hydrogen-bond donors (Lipinski definition) is 1. The second kappa shape index (κ2) is 7.13. The molecule has 0 radical (unpaired) electrons. The molecule has 0 bridgehead atoms. The van der Waals surface area contributed by atoms with Gasteiger partial charge < -0.3 is 15.0 Å². The molecule has 1 aliphatic rings. The highest BCUT2D eigenvalue weighted by Crippen LogP contribution is 2.16. The van der Waals surface area contributed by atoms with E-state index in [4.69, 9.17) is 4.74 Å². The van der Waals surface area contributed by atoms with Crippen LogP contribution in [0, 0.1) is 0 Å². The standard InChI is InChI=1S/C15H20N6O/c1-12(8-13-10-16-2-3-17-13)20-14-9-15(19-11-18-14)21-4-6-22-7-5-21/h2-3,9-12H,4-8H2,1H3,(H,18,19,20). The lowest BCUT2D eigenvalue weighted by Gasteiger charge is -2.28. The molecule has 1 unspecified atom stereocenters. The Morgan fingerprint density at radius 1 is 1.23 bits per heavy atom. The van der Waals surface area contributed by atoms with Gasteiger partial charge in [0.25, 0.3) is 0 Å². The smallest absolute Gasteiger partial charge is 0.134 e. The zero-order valence-electron chi connectivity index (χ0n) is 12.6. The predicted molar refractivity (Wildman–Crippen MR) is 83.9 cm³/mol. The van der Waals surface area contributed by atoms with Crippen molar-refractivity contribution in [2.24, 2.45) is 0 Å². The average Bonchev–Trinajstić information content (AvgIpc) is 2.57. The summed E-state index contributed by atoms with van der Waals surface area (Å²) in [6.45, 7) is 5.33. The molecule has 2 aromatic heterocycles. The van der Waals surface area contributed by atoms with Crippen LogP contribution in [0.2, 0.25) is 0 Å². The minimum Gasteiger partial charge on any atom is -0.378 e. The molecule has 0 saturated carbocycles. The van der Waals surface area contributed by atoms with Gasteiger partial charge in [0.2, 0.25) is 0 Å². The zero-order valence-corrected chi connectivity index (χ0v) is 12.6. The molecule has 3 heterocycles. The molecule has 1 atom stereocenters. The minimum atomic E-state index is 0.212. The van der Waals surface area contributed by atoms with Crippen LogP contribution in [0.25, 0.3) is 0 Å². The van der Waals surface area contributed by atoms with Crippen molar-refractivity contribution in [3.63, 3.8) is 0 Å². The van der Waals surface area contributed by atoms with Crippen LogP contribution in [0.15, 0.2) is 31.0 Å². The monoisotopic (exact) mass is 300 g/mol. The van der Waals surface area contributed by atoms with E-state index in [9.17, 15) is 0 Å². The summed E-state index contributed by atoms with van der Waals surface area (Å²) in [7, 11) is 0. The topological polar surface area (TPSA) is 76.1 Å². The highest BCUT2D eigenvalue weighted by molar-refractivity contribution is 5.49. The molecule has 2 aromatic rings. The Balaban J connectivity index is 1.62. The Hall–Kier alpha value is -2.28. The first-order valence-electron chi connectivity index (χ1n) is 7.47. The van der Waals surface area contributed by atoms with Crippen LogP contribution >= 0.6 is 0 Å². The molecule has 0 aliphatic carbocycles. The van der Waals surface area contributed by atoms with Gasteiger partial charge in [-0.1, -0.05) is 0 Å². The molecule has 116 valence electrons. The van der Waals surface area contributed by atoms with E-state index < -0.39 is 0 Å². The van der Waals surface area contributed by atoms with Crippen molar-refractivity contribution in [2.45, 2.75) is 19.4 Å². The first kappa shape index (κ1) is 14.6. The predicted octanol–water partition coefficient (Wildman–Crippen LogP) is 1.15. The fourth-order valence-corrected chi connectivity index (χ4v) is 2.44. The molecule has 3 rings (SSSR count). The van der Waals surface area contributed by atoms with Gasteiger partial charge in [0, 0.05) is 50.2 Å². The Kier molecular flexibility index (Phi) is 4.75. The van der Waals surface area contributed by atoms with Crippen LogP contribution in [0.1, 0.15) is 12.6 Å². The highest BCUT2D eigenvalue weighted by Gasteiger charge is 2.13. The number of nitrogens with one attached hydrogen (secondary N) is 1. The highest BCUT2D eigenvalue weighted by atomic mass is 16.5. The Bertz CT molecular complexity index is 588. The Morgan fingerprint density at radius 2 is 2.09 bits per heavy atom. The summed E-state index contributed by atoms with van der Waals surface area (Å²) in [6.07, 6.45) is 7.58. The van der Waals surface area contributed by atoms with Gasteiger partial charge >= 0.3 is 0 Å². The third kappa shape index (κ3) is 3.88. The van der Waals surface area contributed by atoms with E-state index in [-0.39, 0.29) is 6.04 Å². The van der Waals surface area contributed by atoms with Crippen molar-refractivity contribution < 1.29 is 4.74 Å². The summed E-state index contributed by atoms with van der Waals surface area (Å²) >= 11 is 0. The SMILES string of the molecule is CC(Cc1cnccn1)Nc1cc(N2CCOCC2)ncn1. The number of morpholine rings is 1. The maximum Gasteiger partial charge on any atom is 0.134 e. The third-order valence-electron chi connectivity index (χ3n) is 3.51. The Morgan fingerprint density at radius 3 is 2.86 bits per heavy atom. The van der Waals surface area contributed by atoms with E-state index in [0.29, 0.717) is 0 Å². The quantitative estimate of drug-likeness (QED) is 0.887. The molecule has 7 heteroatoms. The van der Waals surface area contributed by atoms with Gasteiger partial charge in [0.15, 0.2) is 0 Å². The van der Waals surface area contributed by atoms with Crippen molar-refractivity contribution in [1.29, 1.82) is 0 Å². The number of aromatic nitrogens is 4. The van der Waals surface area contributed by atoms with E-state index in [1.807, 2.05) is 6.07 Å². The van der Waals surface area contributed by atoms with Gasteiger partial charge in [-0.2, -0.15) is 0 Å². The zero-order chi connectivity index (χ0) is 15.2. The van der Waals surface area contributed by atoms with Crippen molar-refractivity contribution >= 4 is 11.6 Å². The molecule has 0 spiro atoms. The molecular formula is C15H20N6O. The maximum atomic E-state index is 5.37. The van der Waals surface area contributed by atoms with Gasteiger partial charge in [0.05, 0.1) is 18.9 Å². The van der Waals surface area contributed by atoms with Crippen molar-refractivity contribution in [3.8, 4) is 0 Å². The molecule has 1 aliphatic heterocycles. The molecule has 1 saturated heterocycles. The molecule has 0 amide bonds. The van der Waals surface area contributed by atoms with E-state index in [1.54, 1.807) is 24.9 Å². The average molecular weight is 300 g/mol. The summed E-state index contributed by atoms with van der Waals surface area (Å²) in [5, 5.41) is 3.39. The van der Waals surface area contributed by atoms with Crippen molar-refractivity contribution in [2.75, 3.05) is 36.5 Å². The number of anilines is 2. The summed E-state index contributed by atoms with van der Waals surface area (Å²) < 4.78 is 5.37. The van der Waals surface area contributed by atoms with E-state index in [0.717, 1.165) is 50.1 Å². The maximum absolute atomic E-state index is 5.37. The summed E-state index contributed by atoms with van der Waals surface area (Å²) in [4.78, 5) is 19.2. The van der Waals surface area contributed by atoms with Crippen LogP contribution in [-0.2, 0) is 11.2 Å². The summed E-state index contributed by atoms with van der Waals surface area (Å²) in [6, 6.07) is 2.20. The normalized spacial score (nSPS) is 16.3. The number of nitrogens with zero attached hydrogens (tertiary/aromatic N) is 5. The van der Waals surface area contributed by atoms with Crippen LogP contribution in [0.4, 0.5) is 11.6 Å². The first-order chi connectivity index (χ1) is 10.8. The Labute approximate surface area is 129 Å². The molecular weight excluding hydrogens is 280 g/mol.